The molecule has 1 heterocycles. The highest BCUT2D eigenvalue weighted by atomic mass is 35.5. The van der Waals surface area contributed by atoms with E-state index in [-0.39, 0.29) is 33.0 Å². The molecule has 2 aliphatic rings. The van der Waals surface area contributed by atoms with Gasteiger partial charge in [0.25, 0.3) is 0 Å². The molecule has 1 fully saturated rings. The Balaban J connectivity index is 1.73. The van der Waals surface area contributed by atoms with E-state index in [0.29, 0.717) is 18.3 Å². The first-order valence-electron chi connectivity index (χ1n) is 13.0. The average Bonchev–Trinajstić information content (AvgIpc) is 3.00. The second-order valence-corrected chi connectivity index (χ2v) is 12.7. The van der Waals surface area contributed by atoms with E-state index in [2.05, 4.69) is 0 Å². The molecule has 0 saturated heterocycles. The molecule has 0 unspecified atom stereocenters. The molecule has 0 amide bonds. The van der Waals surface area contributed by atoms with Gasteiger partial charge in [0.1, 0.15) is 4.90 Å². The molecule has 1 aliphatic carbocycles. The van der Waals surface area contributed by atoms with Gasteiger partial charge in [0, 0.05) is 30.9 Å². The van der Waals surface area contributed by atoms with Gasteiger partial charge in [-0.05, 0) is 66.8 Å². The van der Waals surface area contributed by atoms with E-state index in [1.54, 1.807) is 7.05 Å². The van der Waals surface area contributed by atoms with E-state index in [4.69, 9.17) is 11.6 Å². The van der Waals surface area contributed by atoms with Gasteiger partial charge >= 0.3 is 12.1 Å². The number of alkyl halides is 3. The van der Waals surface area contributed by atoms with Gasteiger partial charge in [-0.3, -0.25) is 0 Å². The van der Waals surface area contributed by atoms with E-state index >= 15 is 0 Å². The second-order valence-electron chi connectivity index (χ2n) is 10.3. The molecule has 11 heteroatoms. The fourth-order valence-corrected chi connectivity index (χ4v) is 7.68. The maximum absolute atomic E-state index is 14.1. The van der Waals surface area contributed by atoms with Crippen molar-refractivity contribution in [1.82, 2.24) is 4.31 Å². The van der Waals surface area contributed by atoms with Crippen LogP contribution in [0.2, 0.25) is 5.02 Å². The van der Waals surface area contributed by atoms with Crippen LogP contribution in [0, 0.1) is 5.92 Å². The first-order chi connectivity index (χ1) is 18.9. The van der Waals surface area contributed by atoms with Gasteiger partial charge in [0.15, 0.2) is 0 Å². The predicted octanol–water partition coefficient (Wildman–Crippen LogP) is 7.45. The van der Waals surface area contributed by atoms with Gasteiger partial charge in [0.2, 0.25) is 10.0 Å². The molecule has 0 spiro atoms. The second kappa shape index (κ2) is 10.7. The number of carboxylic acid groups (broad SMARTS) is 1. The fourth-order valence-electron chi connectivity index (χ4n) is 5.80. The molecule has 1 aliphatic heterocycles. The first-order valence-corrected chi connectivity index (χ1v) is 14.8. The topological polar surface area (TPSA) is 77.9 Å². The molecular weight excluding hydrogens is 565 g/mol. The summed E-state index contributed by atoms with van der Waals surface area (Å²) in [7, 11) is -2.56. The lowest BCUT2D eigenvalue weighted by atomic mass is 9.83. The van der Waals surface area contributed by atoms with Crippen molar-refractivity contribution in [1.29, 1.82) is 0 Å². The third-order valence-corrected chi connectivity index (χ3v) is 10.1. The summed E-state index contributed by atoms with van der Waals surface area (Å²) in [6.07, 6.45) is 0.129. The number of para-hydroxylation sites is 1. The summed E-state index contributed by atoms with van der Waals surface area (Å²) in [5, 5.41) is 9.47. The van der Waals surface area contributed by atoms with Crippen LogP contribution in [0.25, 0.3) is 11.1 Å². The maximum Gasteiger partial charge on any atom is 0.416 e. The Morgan fingerprint density at radius 3 is 2.30 bits per heavy atom. The number of benzene rings is 3. The Hall–Kier alpha value is -3.08. The van der Waals surface area contributed by atoms with Crippen LogP contribution < -0.4 is 4.90 Å². The normalized spacial score (nSPS) is 20.1. The summed E-state index contributed by atoms with van der Waals surface area (Å²) in [5.74, 6) is -1.40. The minimum Gasteiger partial charge on any atom is -0.478 e. The Morgan fingerprint density at radius 2 is 1.68 bits per heavy atom. The van der Waals surface area contributed by atoms with Crippen LogP contribution in [0.5, 0.6) is 0 Å². The molecule has 3 aromatic carbocycles. The third-order valence-electron chi connectivity index (χ3n) is 7.91. The molecule has 1 atom stereocenters. The van der Waals surface area contributed by atoms with Gasteiger partial charge in [-0.15, -0.1) is 0 Å². The first kappa shape index (κ1) is 28.4. The molecule has 0 bridgehead atoms. The van der Waals surface area contributed by atoms with Gasteiger partial charge in [-0.2, -0.15) is 17.5 Å². The van der Waals surface area contributed by atoms with Crippen molar-refractivity contribution in [3.8, 4) is 11.1 Å². The summed E-state index contributed by atoms with van der Waals surface area (Å²) < 4.78 is 70.6. The quantitative estimate of drug-likeness (QED) is 0.340. The lowest BCUT2D eigenvalue weighted by Gasteiger charge is -2.36. The predicted molar refractivity (Wildman–Crippen MR) is 148 cm³/mol. The van der Waals surface area contributed by atoms with Crippen LogP contribution in [-0.2, 0) is 16.2 Å². The van der Waals surface area contributed by atoms with E-state index in [9.17, 15) is 31.5 Å². The SMILES string of the molecule is CN1[C@H](C2CCCCC2)CN(c2ccccc2)c2cc(Cl)c(-c3cc(C(=O)O)cc(C(F)(F)F)c3)cc2S1(=O)=O. The smallest absolute Gasteiger partial charge is 0.416 e. The number of fused-ring (bicyclic) bond motifs is 1. The van der Waals surface area contributed by atoms with Crippen LogP contribution in [-0.4, -0.2) is 43.4 Å². The summed E-state index contributed by atoms with van der Waals surface area (Å²) in [5.41, 5.74) is -0.829. The number of hydrogen-bond acceptors (Lipinski definition) is 4. The largest absolute Gasteiger partial charge is 0.478 e. The van der Waals surface area contributed by atoms with Gasteiger partial charge in [-0.1, -0.05) is 49.1 Å². The molecule has 40 heavy (non-hydrogen) atoms. The minimum absolute atomic E-state index is 0.00399. The van der Waals surface area contributed by atoms with Crippen LogP contribution in [0.4, 0.5) is 24.5 Å². The Bertz CT molecular complexity index is 1540. The van der Waals surface area contributed by atoms with Crippen molar-refractivity contribution in [2.45, 2.75) is 49.2 Å². The van der Waals surface area contributed by atoms with Crippen LogP contribution in [0.3, 0.4) is 0 Å². The van der Waals surface area contributed by atoms with Crippen molar-refractivity contribution >= 4 is 39.0 Å². The summed E-state index contributed by atoms with van der Waals surface area (Å²) in [6.45, 7) is 0.375. The molecule has 1 saturated carbocycles. The monoisotopic (exact) mass is 592 g/mol. The number of carboxylic acids is 1. The zero-order valence-electron chi connectivity index (χ0n) is 21.7. The number of hydrogen-bond donors (Lipinski definition) is 1. The van der Waals surface area contributed by atoms with Gasteiger partial charge in [-0.25, -0.2) is 13.2 Å². The number of likely N-dealkylation sites (N-methyl/N-ethyl adjacent to an activating group) is 1. The highest BCUT2D eigenvalue weighted by molar-refractivity contribution is 7.89. The number of anilines is 2. The summed E-state index contributed by atoms with van der Waals surface area (Å²) in [6, 6.07) is 14.1. The zero-order valence-corrected chi connectivity index (χ0v) is 23.2. The zero-order chi connectivity index (χ0) is 28.8. The molecule has 0 aromatic heterocycles. The number of carbonyl (C=O) groups is 1. The van der Waals surface area contributed by atoms with E-state index in [1.807, 2.05) is 35.2 Å². The van der Waals surface area contributed by atoms with Crippen molar-refractivity contribution in [2.75, 3.05) is 18.5 Å². The highest BCUT2D eigenvalue weighted by Gasteiger charge is 2.41. The molecule has 1 N–H and O–H groups in total. The van der Waals surface area contributed by atoms with Gasteiger partial charge < -0.3 is 10.0 Å². The number of sulfonamides is 1. The summed E-state index contributed by atoms with van der Waals surface area (Å²) >= 11 is 6.65. The van der Waals surface area contributed by atoms with Crippen LogP contribution >= 0.6 is 11.6 Å². The van der Waals surface area contributed by atoms with Gasteiger partial charge in [0.05, 0.1) is 21.8 Å². The molecule has 212 valence electrons. The standard InChI is InChI=1S/C29H28ClF3N2O4S/c1-34-26(18-8-4-2-5-9-18)17-35(22-10-6-3-7-11-22)25-16-24(30)23(15-27(25)40(34,38)39)19-12-20(28(36)37)14-21(13-19)29(31,32)33/h3,6-7,10-16,18,26H,2,4-5,8-9,17H2,1H3,(H,36,37)/t26-/m0/s1. The number of halogens is 4. The number of nitrogens with zero attached hydrogens (tertiary/aromatic N) is 2. The average molecular weight is 593 g/mol. The Labute approximate surface area is 236 Å². The lowest BCUT2D eigenvalue weighted by molar-refractivity contribution is -0.137. The number of aromatic carboxylic acids is 1. The van der Waals surface area contributed by atoms with Crippen LogP contribution in [0.15, 0.2) is 65.6 Å². The molecule has 0 radical (unpaired) electrons. The molecule has 3 aromatic rings. The lowest BCUT2D eigenvalue weighted by Crippen LogP contribution is -2.46. The van der Waals surface area contributed by atoms with Crippen molar-refractivity contribution in [2.24, 2.45) is 5.92 Å². The van der Waals surface area contributed by atoms with Crippen molar-refractivity contribution in [3.05, 3.63) is 76.8 Å². The molecule has 5 rings (SSSR count). The number of rotatable bonds is 4. The fraction of sp³-hybridized carbons (Fsp3) is 0.345. The third kappa shape index (κ3) is 5.32. The summed E-state index contributed by atoms with van der Waals surface area (Å²) in [4.78, 5) is 13.4. The van der Waals surface area contributed by atoms with Crippen molar-refractivity contribution in [3.63, 3.8) is 0 Å². The highest BCUT2D eigenvalue weighted by Crippen LogP contribution is 2.45. The van der Waals surface area contributed by atoms with Crippen LogP contribution in [0.1, 0.15) is 48.0 Å². The van der Waals surface area contributed by atoms with Crippen molar-refractivity contribution < 1.29 is 31.5 Å². The minimum atomic E-state index is -4.82. The Kier molecular flexibility index (Phi) is 7.62. The molecular formula is C29H28ClF3N2O4S. The van der Waals surface area contributed by atoms with E-state index < -0.39 is 33.3 Å². The maximum atomic E-state index is 14.1. The van der Waals surface area contributed by atoms with E-state index in [1.165, 1.54) is 16.4 Å². The molecule has 6 nitrogen and oxygen atoms in total. The Morgan fingerprint density at radius 1 is 1.00 bits per heavy atom. The van der Waals surface area contributed by atoms with E-state index in [0.717, 1.165) is 49.9 Å².